The number of rotatable bonds is 0. The van der Waals surface area contributed by atoms with E-state index in [4.69, 9.17) is 50.8 Å². The summed E-state index contributed by atoms with van der Waals surface area (Å²) in [5.74, 6) is 0. The Hall–Kier alpha value is -2.60. The van der Waals surface area contributed by atoms with Gasteiger partial charge in [-0.2, -0.15) is 0 Å². The van der Waals surface area contributed by atoms with Crippen LogP contribution in [0.1, 0.15) is 0 Å². The first-order chi connectivity index (χ1) is 6.93. The van der Waals surface area contributed by atoms with Crippen LogP contribution in [0.5, 0.6) is 0 Å². The van der Waals surface area contributed by atoms with Crippen molar-refractivity contribution in [3.05, 3.63) is 46.0 Å². The smallest absolute Gasteiger partial charge is 0.356 e. The van der Waals surface area contributed by atoms with Crippen LogP contribution in [0.15, 0.2) is 0 Å². The first-order valence-corrected chi connectivity index (χ1v) is 2.42. The minimum atomic E-state index is -1.75. The Balaban J connectivity index is -0.0000000369. The summed E-state index contributed by atoms with van der Waals surface area (Å²) in [7, 11) is 0. The monoisotopic (exact) mass is 298 g/mol. The van der Waals surface area contributed by atoms with E-state index in [2.05, 4.69) is 11.5 Å². The van der Waals surface area contributed by atoms with Gasteiger partial charge in [0.25, 0.3) is 0 Å². The fourth-order valence-electron chi connectivity index (χ4n) is 0. The third kappa shape index (κ3) is 258. The van der Waals surface area contributed by atoms with Gasteiger partial charge in [-0.05, 0) is 0 Å². The fraction of sp³-hybridized carbons (Fsp3) is 0. The van der Waals surface area contributed by atoms with Crippen molar-refractivity contribution in [2.45, 2.75) is 0 Å². The first kappa shape index (κ1) is 29.3. The molecule has 2 amide bonds. The van der Waals surface area contributed by atoms with E-state index in [9.17, 15) is 0 Å². The average molecular weight is 298 g/mol. The predicted molar refractivity (Wildman–Crippen MR) is 44.9 cm³/mol. The van der Waals surface area contributed by atoms with E-state index < -0.39 is 21.3 Å². The Morgan fingerprint density at radius 3 is 0.706 bits per heavy atom. The molecule has 0 saturated carbocycles. The number of hydrogen-bond acceptors (Lipinski definition) is 10. The van der Waals surface area contributed by atoms with E-state index in [1.165, 1.54) is 0 Å². The van der Waals surface area contributed by atoms with Crippen LogP contribution in [0.3, 0.4) is 0 Å². The van der Waals surface area contributed by atoms with Gasteiger partial charge in [-0.15, -0.1) is 0 Å². The molecule has 0 saturated heterocycles. The van der Waals surface area contributed by atoms with Crippen molar-refractivity contribution in [1.82, 2.24) is 0 Å². The maximum Gasteiger partial charge on any atom is 3.00 e. The third-order valence-corrected chi connectivity index (χ3v) is 0. The number of carbonyl (C=O) groups is 1. The van der Waals surface area contributed by atoms with Gasteiger partial charge in [0, 0.05) is 0 Å². The van der Waals surface area contributed by atoms with Crippen LogP contribution in [-0.4, -0.2) is 21.3 Å². The molecule has 0 bridgehead atoms. The average Bonchev–Trinajstić information content (AvgIpc) is 1.76. The van der Waals surface area contributed by atoms with Gasteiger partial charge in [0.15, 0.2) is 0 Å². The third-order valence-electron chi connectivity index (χ3n) is 0. The normalized spacial score (nSPS) is 5.65. The molecule has 4 N–H and O–H groups in total. The molecular formula is CH4CrN5O10. The van der Waals surface area contributed by atoms with Gasteiger partial charge in [-0.25, -0.2) is 4.79 Å². The molecule has 0 rings (SSSR count). The van der Waals surface area contributed by atoms with Crippen LogP contribution in [0, 0.1) is 46.0 Å². The van der Waals surface area contributed by atoms with E-state index in [1.807, 2.05) is 0 Å². The summed E-state index contributed by atoms with van der Waals surface area (Å²) in [6, 6.07) is -0.833. The molecule has 16 heteroatoms. The Morgan fingerprint density at radius 2 is 0.706 bits per heavy atom. The quantitative estimate of drug-likeness (QED) is 0.377. The van der Waals surface area contributed by atoms with Gasteiger partial charge >= 0.3 is 23.4 Å². The van der Waals surface area contributed by atoms with Crippen molar-refractivity contribution in [1.29, 1.82) is 0 Å². The van der Waals surface area contributed by atoms with Gasteiger partial charge in [0.1, 0.15) is 0 Å². The summed E-state index contributed by atoms with van der Waals surface area (Å²) < 4.78 is 0. The zero-order chi connectivity index (χ0) is 14.3. The standard InChI is InChI=1S/CH4N2O.Cr.3NO3/c2-1(3)4;;3*2-1(3)4/h(H4,2,3,4);;;;/q;+3;3*-1. The zero-order valence-corrected chi connectivity index (χ0v) is 8.76. The molecule has 0 heterocycles. The molecule has 0 aliphatic rings. The summed E-state index contributed by atoms with van der Waals surface area (Å²) >= 11 is 0. The molecule has 17 heavy (non-hydrogen) atoms. The second-order valence-corrected chi connectivity index (χ2v) is 1.07. The van der Waals surface area contributed by atoms with Gasteiger partial charge in [0.2, 0.25) is 0 Å². The summed E-state index contributed by atoms with van der Waals surface area (Å²) in [6.07, 6.45) is 0. The van der Waals surface area contributed by atoms with Crippen LogP contribution >= 0.6 is 0 Å². The number of amides is 2. The summed E-state index contributed by atoms with van der Waals surface area (Å²) in [5.41, 5.74) is 8.50. The van der Waals surface area contributed by atoms with E-state index in [-0.39, 0.29) is 17.4 Å². The zero-order valence-electron chi connectivity index (χ0n) is 7.49. The Kier molecular flexibility index (Phi) is 40.1. The van der Waals surface area contributed by atoms with Crippen LogP contribution in [0.2, 0.25) is 0 Å². The minimum absolute atomic E-state index is 0. The molecule has 0 aromatic rings. The summed E-state index contributed by atoms with van der Waals surface area (Å²) in [5, 5.41) is 44.2. The number of urea groups is 1. The van der Waals surface area contributed by atoms with Crippen molar-refractivity contribution in [3.63, 3.8) is 0 Å². The second kappa shape index (κ2) is 23.3. The van der Waals surface area contributed by atoms with Gasteiger partial charge in [-0.1, -0.05) is 0 Å². The van der Waals surface area contributed by atoms with Crippen molar-refractivity contribution in [2.24, 2.45) is 11.5 Å². The van der Waals surface area contributed by atoms with E-state index in [0.29, 0.717) is 0 Å². The predicted octanol–water partition coefficient (Wildman–Crippen LogP) is -1.70. The largest absolute Gasteiger partial charge is 3.00 e. The molecule has 99 valence electrons. The molecule has 0 atom stereocenters. The van der Waals surface area contributed by atoms with Gasteiger partial charge in [0.05, 0.1) is 15.3 Å². The molecule has 0 fully saturated rings. The Labute approximate surface area is 102 Å². The maximum absolute atomic E-state index is 9.00. The van der Waals surface area contributed by atoms with Crippen LogP contribution in [0.25, 0.3) is 0 Å². The number of nitrogens with zero attached hydrogens (tertiary/aromatic N) is 3. The molecule has 1 radical (unpaired) electrons. The summed E-state index contributed by atoms with van der Waals surface area (Å²) in [4.78, 5) is 33.8. The molecule has 0 aliphatic heterocycles. The molecule has 15 nitrogen and oxygen atoms in total. The maximum atomic E-state index is 9.00. The van der Waals surface area contributed by atoms with Crippen molar-refractivity contribution in [3.8, 4) is 0 Å². The van der Waals surface area contributed by atoms with Crippen LogP contribution in [-0.2, 0) is 17.4 Å². The van der Waals surface area contributed by atoms with Crippen molar-refractivity contribution in [2.75, 3.05) is 0 Å². The van der Waals surface area contributed by atoms with Gasteiger partial charge in [-0.3, -0.25) is 0 Å². The van der Waals surface area contributed by atoms with E-state index >= 15 is 0 Å². The number of primary amides is 2. The van der Waals surface area contributed by atoms with Crippen LogP contribution < -0.4 is 11.5 Å². The number of carbonyl (C=O) groups excluding carboxylic acids is 1. The van der Waals surface area contributed by atoms with Crippen molar-refractivity contribution >= 4 is 6.03 Å². The summed E-state index contributed by atoms with van der Waals surface area (Å²) in [6.45, 7) is 0. The molecule has 0 aromatic carbocycles. The van der Waals surface area contributed by atoms with Crippen LogP contribution in [0.4, 0.5) is 4.79 Å². The molecule has 0 aromatic heterocycles. The minimum Gasteiger partial charge on any atom is -0.356 e. The SMILES string of the molecule is NC(N)=O.O=[N+]([O-])[O-].O=[N+]([O-])[O-].O=[N+]([O-])[O-].[Cr+3]. The molecule has 0 spiro atoms. The first-order valence-electron chi connectivity index (χ1n) is 2.42. The van der Waals surface area contributed by atoms with E-state index in [1.54, 1.807) is 0 Å². The second-order valence-electron chi connectivity index (χ2n) is 1.07. The fourth-order valence-corrected chi connectivity index (χ4v) is 0. The molecule has 0 aliphatic carbocycles. The van der Waals surface area contributed by atoms with Gasteiger partial charge < -0.3 is 57.4 Å². The molecule has 0 unspecified atom stereocenters. The van der Waals surface area contributed by atoms with E-state index in [0.717, 1.165) is 0 Å². The number of nitrogens with two attached hydrogens (primary N) is 2. The Bertz CT molecular complexity index is 165. The number of hydrogen-bond donors (Lipinski definition) is 2. The van der Waals surface area contributed by atoms with Crippen molar-refractivity contribution < 1.29 is 37.4 Å². The Morgan fingerprint density at radius 1 is 0.706 bits per heavy atom. The molecular weight excluding hydrogens is 294 g/mol. The topological polar surface area (TPSA) is 268 Å².